The van der Waals surface area contributed by atoms with Crippen molar-refractivity contribution < 1.29 is 19.1 Å². The van der Waals surface area contributed by atoms with Gasteiger partial charge in [-0.1, -0.05) is 23.9 Å². The van der Waals surface area contributed by atoms with Crippen LogP contribution in [-0.4, -0.2) is 53.7 Å². The number of aliphatic imine (C=N–C) groups is 1. The second kappa shape index (κ2) is 9.40. The number of benzene rings is 1. The molecule has 4 rings (SSSR count). The number of likely N-dealkylation sites (tertiary alicyclic amines) is 1. The van der Waals surface area contributed by atoms with Crippen molar-refractivity contribution >= 4 is 28.8 Å². The lowest BCUT2D eigenvalue weighted by Gasteiger charge is -2.38. The molecule has 7 nitrogen and oxygen atoms in total. The molecular weight excluding hydrogens is 426 g/mol. The number of hydrogen-bond donors (Lipinski definition) is 0. The van der Waals surface area contributed by atoms with Gasteiger partial charge in [-0.05, 0) is 56.2 Å². The Hall–Kier alpha value is -2.74. The van der Waals surface area contributed by atoms with Gasteiger partial charge in [0.2, 0.25) is 5.91 Å². The molecule has 0 spiro atoms. The van der Waals surface area contributed by atoms with Gasteiger partial charge in [0.25, 0.3) is 0 Å². The number of ether oxygens (including phenoxy) is 2. The van der Waals surface area contributed by atoms with Crippen LogP contribution >= 0.6 is 11.8 Å². The molecule has 3 heterocycles. The summed E-state index contributed by atoms with van der Waals surface area (Å²) in [5, 5.41) is 2.74. The zero-order valence-electron chi connectivity index (χ0n) is 19.0. The molecule has 0 bridgehead atoms. The number of amidine groups is 1. The van der Waals surface area contributed by atoms with Gasteiger partial charge < -0.3 is 19.3 Å². The molecule has 32 heavy (non-hydrogen) atoms. The number of thioether (sulfide) groups is 1. The SMILES string of the molecule is COC(=O)C1=C(C)N=C2SC=C(CC(=O)N3CCCC[C@H]3C)N2[C@H]1c1cccc(OC)c1. The van der Waals surface area contributed by atoms with Gasteiger partial charge in [-0.25, -0.2) is 9.79 Å². The van der Waals surface area contributed by atoms with Crippen LogP contribution < -0.4 is 4.74 Å². The van der Waals surface area contributed by atoms with Crippen LogP contribution in [0.15, 0.2) is 51.6 Å². The zero-order valence-corrected chi connectivity index (χ0v) is 19.8. The fraction of sp³-hybridized carbons (Fsp3) is 0.458. The van der Waals surface area contributed by atoms with E-state index in [-0.39, 0.29) is 18.4 Å². The first kappa shape index (κ1) is 22.5. The number of amides is 1. The number of nitrogens with zero attached hydrogens (tertiary/aromatic N) is 3. The molecule has 3 aliphatic rings. The van der Waals surface area contributed by atoms with Crippen LogP contribution in [0.2, 0.25) is 0 Å². The first-order valence-electron chi connectivity index (χ1n) is 10.9. The van der Waals surface area contributed by atoms with E-state index in [4.69, 9.17) is 9.47 Å². The summed E-state index contributed by atoms with van der Waals surface area (Å²) >= 11 is 1.48. The maximum Gasteiger partial charge on any atom is 0.338 e. The highest BCUT2D eigenvalue weighted by Crippen LogP contribution is 2.45. The van der Waals surface area contributed by atoms with E-state index in [2.05, 4.69) is 11.9 Å². The summed E-state index contributed by atoms with van der Waals surface area (Å²) < 4.78 is 10.5. The number of carbonyl (C=O) groups is 2. The minimum atomic E-state index is -0.446. The number of methoxy groups -OCH3 is 2. The van der Waals surface area contributed by atoms with Crippen LogP contribution in [0.5, 0.6) is 5.75 Å². The van der Waals surface area contributed by atoms with E-state index in [0.717, 1.165) is 42.2 Å². The van der Waals surface area contributed by atoms with Gasteiger partial charge in [0.05, 0.1) is 38.0 Å². The number of rotatable bonds is 5. The Kier molecular flexibility index (Phi) is 6.60. The Morgan fingerprint density at radius 3 is 2.78 bits per heavy atom. The molecule has 1 amide bonds. The fourth-order valence-corrected chi connectivity index (χ4v) is 5.56. The monoisotopic (exact) mass is 455 g/mol. The molecular formula is C24H29N3O4S. The molecule has 1 aromatic carbocycles. The highest BCUT2D eigenvalue weighted by molar-refractivity contribution is 8.16. The maximum atomic E-state index is 13.2. The Bertz CT molecular complexity index is 1020. The van der Waals surface area contributed by atoms with Crippen molar-refractivity contribution in [2.24, 2.45) is 4.99 Å². The van der Waals surface area contributed by atoms with E-state index < -0.39 is 12.0 Å². The topological polar surface area (TPSA) is 71.4 Å². The van der Waals surface area contributed by atoms with Gasteiger partial charge >= 0.3 is 5.97 Å². The summed E-state index contributed by atoms with van der Waals surface area (Å²) in [7, 11) is 2.99. The molecule has 3 aliphatic heterocycles. The second-order valence-electron chi connectivity index (χ2n) is 8.27. The average molecular weight is 456 g/mol. The molecule has 0 radical (unpaired) electrons. The number of allylic oxidation sites excluding steroid dienone is 1. The highest BCUT2D eigenvalue weighted by atomic mass is 32.2. The molecule has 0 aliphatic carbocycles. The highest BCUT2D eigenvalue weighted by Gasteiger charge is 2.41. The summed E-state index contributed by atoms with van der Waals surface area (Å²) in [5.74, 6) is 0.384. The Labute approximate surface area is 193 Å². The van der Waals surface area contributed by atoms with Crippen molar-refractivity contribution in [2.45, 2.75) is 51.6 Å². The number of hydrogen-bond acceptors (Lipinski definition) is 7. The van der Waals surface area contributed by atoms with Gasteiger partial charge in [-0.15, -0.1) is 0 Å². The largest absolute Gasteiger partial charge is 0.497 e. The van der Waals surface area contributed by atoms with Gasteiger partial charge in [0.1, 0.15) is 5.75 Å². The third-order valence-electron chi connectivity index (χ3n) is 6.27. The van der Waals surface area contributed by atoms with Crippen molar-refractivity contribution in [2.75, 3.05) is 20.8 Å². The summed E-state index contributed by atoms with van der Waals surface area (Å²) in [4.78, 5) is 34.7. The lowest BCUT2D eigenvalue weighted by Crippen LogP contribution is -2.43. The lowest BCUT2D eigenvalue weighted by atomic mass is 9.93. The number of esters is 1. The number of carbonyl (C=O) groups excluding carboxylic acids is 2. The Morgan fingerprint density at radius 1 is 1.25 bits per heavy atom. The van der Waals surface area contributed by atoms with Crippen LogP contribution in [0.1, 0.15) is 51.1 Å². The third kappa shape index (κ3) is 4.16. The van der Waals surface area contributed by atoms with E-state index in [9.17, 15) is 9.59 Å². The summed E-state index contributed by atoms with van der Waals surface area (Å²) in [6, 6.07) is 7.45. The molecule has 1 saturated heterocycles. The van der Waals surface area contributed by atoms with E-state index in [1.807, 2.05) is 46.4 Å². The van der Waals surface area contributed by atoms with E-state index in [1.54, 1.807) is 7.11 Å². The average Bonchev–Trinajstić information content (AvgIpc) is 3.19. The van der Waals surface area contributed by atoms with E-state index >= 15 is 0 Å². The van der Waals surface area contributed by atoms with Crippen LogP contribution in [-0.2, 0) is 14.3 Å². The van der Waals surface area contributed by atoms with Crippen molar-refractivity contribution in [3.05, 3.63) is 52.2 Å². The van der Waals surface area contributed by atoms with E-state index in [1.165, 1.54) is 18.9 Å². The molecule has 0 N–H and O–H groups in total. The predicted molar refractivity (Wildman–Crippen MR) is 125 cm³/mol. The van der Waals surface area contributed by atoms with Crippen LogP contribution in [0.25, 0.3) is 0 Å². The van der Waals surface area contributed by atoms with Crippen molar-refractivity contribution in [1.82, 2.24) is 9.80 Å². The van der Waals surface area contributed by atoms with Crippen molar-refractivity contribution in [3.8, 4) is 5.75 Å². The molecule has 2 atom stereocenters. The van der Waals surface area contributed by atoms with E-state index in [0.29, 0.717) is 17.0 Å². The van der Waals surface area contributed by atoms with Gasteiger partial charge in [0.15, 0.2) is 5.17 Å². The molecule has 1 fully saturated rings. The molecule has 0 unspecified atom stereocenters. The summed E-state index contributed by atoms with van der Waals surface area (Å²) in [5.41, 5.74) is 2.81. The molecule has 8 heteroatoms. The standard InChI is InChI=1S/C24H29N3O4S/c1-15-8-5-6-11-26(15)20(28)13-18-14-32-24-25-16(2)21(23(29)31-4)22(27(18)24)17-9-7-10-19(12-17)30-3/h7,9-10,12,14-15,22H,5-6,8,11,13H2,1-4H3/t15-,22+/m1/s1. The summed E-state index contributed by atoms with van der Waals surface area (Å²) in [6.45, 7) is 4.74. The van der Waals surface area contributed by atoms with Gasteiger partial charge in [-0.3, -0.25) is 4.79 Å². The number of piperidine rings is 1. The van der Waals surface area contributed by atoms with Crippen LogP contribution in [0, 0.1) is 0 Å². The smallest absolute Gasteiger partial charge is 0.338 e. The number of fused-ring (bicyclic) bond motifs is 1. The van der Waals surface area contributed by atoms with Gasteiger partial charge in [0, 0.05) is 18.3 Å². The van der Waals surface area contributed by atoms with Crippen LogP contribution in [0.4, 0.5) is 0 Å². The predicted octanol–water partition coefficient (Wildman–Crippen LogP) is 4.23. The first-order chi connectivity index (χ1) is 15.4. The quantitative estimate of drug-likeness (QED) is 0.619. The minimum absolute atomic E-state index is 0.112. The lowest BCUT2D eigenvalue weighted by molar-refractivity contribution is -0.136. The third-order valence-corrected chi connectivity index (χ3v) is 7.16. The van der Waals surface area contributed by atoms with Crippen LogP contribution in [0.3, 0.4) is 0 Å². The molecule has 1 aromatic rings. The zero-order chi connectivity index (χ0) is 22.8. The molecule has 0 saturated carbocycles. The minimum Gasteiger partial charge on any atom is -0.497 e. The Morgan fingerprint density at radius 2 is 2.06 bits per heavy atom. The van der Waals surface area contributed by atoms with Crippen molar-refractivity contribution in [1.29, 1.82) is 0 Å². The van der Waals surface area contributed by atoms with Gasteiger partial charge in [-0.2, -0.15) is 0 Å². The normalized spacial score (nSPS) is 22.9. The fourth-order valence-electron chi connectivity index (χ4n) is 4.59. The Balaban J connectivity index is 1.70. The molecule has 0 aromatic heterocycles. The first-order valence-corrected chi connectivity index (χ1v) is 11.8. The summed E-state index contributed by atoms with van der Waals surface area (Å²) in [6.07, 6.45) is 3.51. The molecule has 170 valence electrons. The second-order valence-corrected chi connectivity index (χ2v) is 9.11. The van der Waals surface area contributed by atoms with Crippen molar-refractivity contribution in [3.63, 3.8) is 0 Å². The maximum absolute atomic E-state index is 13.2.